The van der Waals surface area contributed by atoms with Crippen LogP contribution in [0.15, 0.2) is 54.6 Å². The molecule has 0 unspecified atom stereocenters. The van der Waals surface area contributed by atoms with Gasteiger partial charge in [-0.05, 0) is 49.1 Å². The average molecular weight is 436 g/mol. The summed E-state index contributed by atoms with van der Waals surface area (Å²) in [6.45, 7) is 3.91. The highest BCUT2D eigenvalue weighted by Gasteiger charge is 2.29. The van der Waals surface area contributed by atoms with Crippen LogP contribution >= 0.6 is 0 Å². The first-order valence-corrected chi connectivity index (χ1v) is 11.6. The van der Waals surface area contributed by atoms with Crippen molar-refractivity contribution >= 4 is 17.7 Å². The van der Waals surface area contributed by atoms with Crippen LogP contribution in [0.25, 0.3) is 0 Å². The first-order chi connectivity index (χ1) is 15.5. The summed E-state index contributed by atoms with van der Waals surface area (Å²) in [5.74, 6) is -0.370. The standard InChI is InChI=1S/C27H33NO4/c1-3-20-11-15-22(16-12-20)25(29)18-32-27(31)24(17-21-7-5-4-6-8-21)28-26(30)23-13-9-19(2)10-14-23/h4-8,11-12,15-16,19,23-24H,3,9-10,13-14,17-18H2,1-2H3,(H,28,30)/t19?,23?,24-/m0/s1. The van der Waals surface area contributed by atoms with Crippen LogP contribution in [0.5, 0.6) is 0 Å². The zero-order valence-electron chi connectivity index (χ0n) is 19.0. The van der Waals surface area contributed by atoms with Gasteiger partial charge in [0.15, 0.2) is 12.4 Å². The fraction of sp³-hybridized carbons (Fsp3) is 0.444. The van der Waals surface area contributed by atoms with E-state index in [4.69, 9.17) is 4.74 Å². The molecule has 1 aliphatic rings. The number of benzene rings is 2. The minimum absolute atomic E-state index is 0.0732. The lowest BCUT2D eigenvalue weighted by molar-refractivity contribution is -0.147. The van der Waals surface area contributed by atoms with Gasteiger partial charge in [-0.25, -0.2) is 4.79 Å². The van der Waals surface area contributed by atoms with Crippen LogP contribution in [-0.2, 0) is 27.2 Å². The number of ether oxygens (including phenoxy) is 1. The van der Waals surface area contributed by atoms with E-state index in [1.807, 2.05) is 49.4 Å². The first-order valence-electron chi connectivity index (χ1n) is 11.6. The summed E-state index contributed by atoms with van der Waals surface area (Å²) in [5.41, 5.74) is 2.57. The average Bonchev–Trinajstić information content (AvgIpc) is 2.83. The van der Waals surface area contributed by atoms with Crippen LogP contribution in [0.4, 0.5) is 0 Å². The largest absolute Gasteiger partial charge is 0.456 e. The van der Waals surface area contributed by atoms with Crippen LogP contribution in [0.1, 0.15) is 61.0 Å². The molecule has 0 radical (unpaired) electrons. The fourth-order valence-corrected chi connectivity index (χ4v) is 4.10. The molecule has 0 heterocycles. The molecule has 1 saturated carbocycles. The third-order valence-electron chi connectivity index (χ3n) is 6.30. The second-order valence-corrected chi connectivity index (χ2v) is 8.79. The molecule has 0 saturated heterocycles. The van der Waals surface area contributed by atoms with E-state index in [0.29, 0.717) is 17.9 Å². The van der Waals surface area contributed by atoms with E-state index in [1.54, 1.807) is 12.1 Å². The molecule has 2 aromatic carbocycles. The van der Waals surface area contributed by atoms with Crippen molar-refractivity contribution in [2.45, 2.75) is 58.4 Å². The van der Waals surface area contributed by atoms with Crippen LogP contribution in [-0.4, -0.2) is 30.3 Å². The van der Waals surface area contributed by atoms with Gasteiger partial charge in [-0.1, -0.05) is 68.4 Å². The minimum Gasteiger partial charge on any atom is -0.456 e. The Morgan fingerprint density at radius 2 is 1.59 bits per heavy atom. The van der Waals surface area contributed by atoms with Gasteiger partial charge in [-0.2, -0.15) is 0 Å². The molecule has 3 rings (SSSR count). The van der Waals surface area contributed by atoms with Crippen molar-refractivity contribution in [3.05, 3.63) is 71.3 Å². The maximum absolute atomic E-state index is 12.9. The van der Waals surface area contributed by atoms with Gasteiger partial charge in [-0.3, -0.25) is 9.59 Å². The molecule has 0 aromatic heterocycles. The Kier molecular flexibility index (Phi) is 8.60. The van der Waals surface area contributed by atoms with E-state index < -0.39 is 12.0 Å². The number of esters is 1. The summed E-state index contributed by atoms with van der Waals surface area (Å²) in [7, 11) is 0. The predicted molar refractivity (Wildman–Crippen MR) is 124 cm³/mol. The Bertz CT molecular complexity index is 899. The van der Waals surface area contributed by atoms with Crippen molar-refractivity contribution in [2.24, 2.45) is 11.8 Å². The van der Waals surface area contributed by atoms with E-state index in [1.165, 1.54) is 0 Å². The second kappa shape index (κ2) is 11.6. The van der Waals surface area contributed by atoms with Crippen molar-refractivity contribution in [1.82, 2.24) is 5.32 Å². The van der Waals surface area contributed by atoms with Crippen LogP contribution in [0, 0.1) is 11.8 Å². The smallest absolute Gasteiger partial charge is 0.329 e. The molecule has 1 atom stereocenters. The number of rotatable bonds is 9. The molecular formula is C27H33NO4. The van der Waals surface area contributed by atoms with Crippen LogP contribution < -0.4 is 5.32 Å². The highest BCUT2D eigenvalue weighted by molar-refractivity contribution is 5.98. The quantitative estimate of drug-likeness (QED) is 0.464. The second-order valence-electron chi connectivity index (χ2n) is 8.79. The highest BCUT2D eigenvalue weighted by atomic mass is 16.5. The summed E-state index contributed by atoms with van der Waals surface area (Å²) in [4.78, 5) is 38.2. The predicted octanol–water partition coefficient (Wildman–Crippen LogP) is 4.53. The van der Waals surface area contributed by atoms with Crippen molar-refractivity contribution in [3.8, 4) is 0 Å². The van der Waals surface area contributed by atoms with Crippen molar-refractivity contribution in [2.75, 3.05) is 6.61 Å². The zero-order chi connectivity index (χ0) is 22.9. The number of amides is 1. The lowest BCUT2D eigenvalue weighted by Gasteiger charge is -2.27. The van der Waals surface area contributed by atoms with Gasteiger partial charge in [-0.15, -0.1) is 0 Å². The molecule has 1 aliphatic carbocycles. The molecule has 170 valence electrons. The molecule has 32 heavy (non-hydrogen) atoms. The number of hydrogen-bond acceptors (Lipinski definition) is 4. The summed E-state index contributed by atoms with van der Waals surface area (Å²) in [6, 6.07) is 16.0. The Hall–Kier alpha value is -2.95. The molecule has 0 spiro atoms. The topological polar surface area (TPSA) is 72.5 Å². The highest BCUT2D eigenvalue weighted by Crippen LogP contribution is 2.28. The number of carbonyl (C=O) groups is 3. The number of nitrogens with one attached hydrogen (secondary N) is 1. The van der Waals surface area contributed by atoms with Crippen LogP contribution in [0.2, 0.25) is 0 Å². The van der Waals surface area contributed by atoms with Gasteiger partial charge < -0.3 is 10.1 Å². The molecular weight excluding hydrogens is 402 g/mol. The monoisotopic (exact) mass is 435 g/mol. The lowest BCUT2D eigenvalue weighted by atomic mass is 9.82. The Morgan fingerprint density at radius 3 is 2.22 bits per heavy atom. The summed E-state index contributed by atoms with van der Waals surface area (Å²) < 4.78 is 5.35. The Morgan fingerprint density at radius 1 is 0.938 bits per heavy atom. The molecule has 1 fully saturated rings. The van der Waals surface area contributed by atoms with Gasteiger partial charge in [0.25, 0.3) is 0 Å². The van der Waals surface area contributed by atoms with Gasteiger partial charge in [0.1, 0.15) is 6.04 Å². The maximum Gasteiger partial charge on any atom is 0.329 e. The van der Waals surface area contributed by atoms with Gasteiger partial charge in [0.05, 0.1) is 0 Å². The first kappa shape index (κ1) is 23.7. The number of carbonyl (C=O) groups excluding carboxylic acids is 3. The third kappa shape index (κ3) is 6.78. The van der Waals surface area contributed by atoms with Gasteiger partial charge >= 0.3 is 5.97 Å². The SMILES string of the molecule is CCc1ccc(C(=O)COC(=O)[C@H](Cc2ccccc2)NC(=O)C2CCC(C)CC2)cc1. The third-order valence-corrected chi connectivity index (χ3v) is 6.30. The van der Waals surface area contributed by atoms with Crippen molar-refractivity contribution in [3.63, 3.8) is 0 Å². The maximum atomic E-state index is 12.9. The fourth-order valence-electron chi connectivity index (χ4n) is 4.10. The molecule has 1 N–H and O–H groups in total. The number of aryl methyl sites for hydroxylation is 1. The lowest BCUT2D eigenvalue weighted by Crippen LogP contribution is -2.46. The number of ketones is 1. The van der Waals surface area contributed by atoms with Crippen molar-refractivity contribution in [1.29, 1.82) is 0 Å². The van der Waals surface area contributed by atoms with Crippen LogP contribution in [0.3, 0.4) is 0 Å². The zero-order valence-corrected chi connectivity index (χ0v) is 19.0. The molecule has 5 nitrogen and oxygen atoms in total. The molecule has 1 amide bonds. The normalized spacial score (nSPS) is 19.1. The minimum atomic E-state index is -0.820. The van der Waals surface area contributed by atoms with E-state index in [0.717, 1.165) is 43.2 Å². The Balaban J connectivity index is 1.62. The van der Waals surface area contributed by atoms with Gasteiger partial charge in [0, 0.05) is 17.9 Å². The molecule has 2 aromatic rings. The summed E-state index contributed by atoms with van der Waals surface area (Å²) in [6.07, 6.45) is 4.95. The molecule has 0 aliphatic heterocycles. The summed E-state index contributed by atoms with van der Waals surface area (Å²) >= 11 is 0. The van der Waals surface area contributed by atoms with E-state index in [-0.39, 0.29) is 24.2 Å². The van der Waals surface area contributed by atoms with E-state index in [9.17, 15) is 14.4 Å². The number of Topliss-reactive ketones (excluding diaryl/α,β-unsaturated/α-hetero) is 1. The summed E-state index contributed by atoms with van der Waals surface area (Å²) in [5, 5.41) is 2.90. The van der Waals surface area contributed by atoms with E-state index in [2.05, 4.69) is 12.2 Å². The van der Waals surface area contributed by atoms with Crippen molar-refractivity contribution < 1.29 is 19.1 Å². The molecule has 5 heteroatoms. The Labute approximate surface area is 190 Å². The van der Waals surface area contributed by atoms with Gasteiger partial charge in [0.2, 0.25) is 5.91 Å². The van der Waals surface area contributed by atoms with E-state index >= 15 is 0 Å². The number of hydrogen-bond donors (Lipinski definition) is 1. The molecule has 0 bridgehead atoms.